The monoisotopic (exact) mass is 285 g/mol. The van der Waals surface area contributed by atoms with Gasteiger partial charge in [-0.15, -0.1) is 0 Å². The largest absolute Gasteiger partial charge is 0.493 e. The highest BCUT2D eigenvalue weighted by molar-refractivity contribution is 5.50. The van der Waals surface area contributed by atoms with Crippen molar-refractivity contribution in [1.29, 1.82) is 0 Å². The van der Waals surface area contributed by atoms with E-state index in [2.05, 4.69) is 0 Å². The zero-order chi connectivity index (χ0) is 14.8. The van der Waals surface area contributed by atoms with E-state index in [0.717, 1.165) is 5.56 Å². The van der Waals surface area contributed by atoms with Crippen molar-refractivity contribution in [3.63, 3.8) is 0 Å². The number of ether oxygens (including phenoxy) is 2. The van der Waals surface area contributed by atoms with E-state index in [0.29, 0.717) is 30.9 Å². The summed E-state index contributed by atoms with van der Waals surface area (Å²) in [5.41, 5.74) is 6.35. The molecule has 0 unspecified atom stereocenters. The number of hydrogen-bond donors (Lipinski definition) is 1. The van der Waals surface area contributed by atoms with E-state index in [1.807, 2.05) is 12.1 Å². The van der Waals surface area contributed by atoms with Gasteiger partial charge in [0.05, 0.1) is 14.2 Å². The number of hydrogen-bond acceptors (Lipinski definition) is 3. The number of methoxy groups -OCH3 is 2. The zero-order valence-electron chi connectivity index (χ0n) is 11.9. The van der Waals surface area contributed by atoms with Crippen LogP contribution in [0, 0.1) is 0 Å². The molecule has 0 bridgehead atoms. The van der Waals surface area contributed by atoms with E-state index >= 15 is 0 Å². The third-order valence-electron chi connectivity index (χ3n) is 4.30. The van der Waals surface area contributed by atoms with Crippen molar-refractivity contribution >= 4 is 0 Å². The molecule has 1 aromatic rings. The number of halogens is 2. The molecule has 2 rings (SSSR count). The maximum absolute atomic E-state index is 13.4. The van der Waals surface area contributed by atoms with Gasteiger partial charge >= 0.3 is 0 Å². The average Bonchev–Trinajstić information content (AvgIpc) is 2.47. The SMILES string of the molecule is COc1cccc(C2(CN)CCC(F)(F)CC2)c1OC. The molecular formula is C15H21F2NO2. The Hall–Kier alpha value is -1.36. The second-order valence-electron chi connectivity index (χ2n) is 5.38. The van der Waals surface area contributed by atoms with Crippen LogP contribution in [0.2, 0.25) is 0 Å². The standard InChI is InChI=1S/C15H21F2NO2/c1-19-12-5-3-4-11(13(12)20-2)14(10-18)6-8-15(16,17)9-7-14/h3-5H,6-10,18H2,1-2H3. The zero-order valence-corrected chi connectivity index (χ0v) is 11.9. The number of benzene rings is 1. The Morgan fingerprint density at radius 3 is 2.25 bits per heavy atom. The Morgan fingerprint density at radius 1 is 1.10 bits per heavy atom. The Kier molecular flexibility index (Phi) is 4.18. The lowest BCUT2D eigenvalue weighted by atomic mass is 9.68. The van der Waals surface area contributed by atoms with Gasteiger partial charge in [-0.1, -0.05) is 12.1 Å². The van der Waals surface area contributed by atoms with Crippen LogP contribution in [0.4, 0.5) is 8.78 Å². The van der Waals surface area contributed by atoms with Crippen molar-refractivity contribution in [3.05, 3.63) is 23.8 Å². The minimum atomic E-state index is -2.58. The van der Waals surface area contributed by atoms with Gasteiger partial charge in [-0.25, -0.2) is 8.78 Å². The first-order valence-electron chi connectivity index (χ1n) is 6.77. The van der Waals surface area contributed by atoms with Gasteiger partial charge in [0.2, 0.25) is 5.92 Å². The molecule has 0 atom stereocenters. The molecule has 112 valence electrons. The lowest BCUT2D eigenvalue weighted by Crippen LogP contribution is -2.42. The minimum Gasteiger partial charge on any atom is -0.493 e. The van der Waals surface area contributed by atoms with Gasteiger partial charge in [0.1, 0.15) is 0 Å². The molecule has 5 heteroatoms. The van der Waals surface area contributed by atoms with Crippen LogP contribution in [-0.2, 0) is 5.41 Å². The molecule has 2 N–H and O–H groups in total. The Morgan fingerprint density at radius 2 is 1.75 bits per heavy atom. The Bertz CT molecular complexity index is 467. The number of para-hydroxylation sites is 1. The number of alkyl halides is 2. The summed E-state index contributed by atoms with van der Waals surface area (Å²) in [7, 11) is 3.12. The van der Waals surface area contributed by atoms with E-state index in [-0.39, 0.29) is 12.8 Å². The van der Waals surface area contributed by atoms with Crippen molar-refractivity contribution in [3.8, 4) is 11.5 Å². The van der Waals surface area contributed by atoms with Gasteiger partial charge in [-0.2, -0.15) is 0 Å². The van der Waals surface area contributed by atoms with Gasteiger partial charge in [0.25, 0.3) is 0 Å². The molecule has 1 aromatic carbocycles. The van der Waals surface area contributed by atoms with Crippen LogP contribution in [0.1, 0.15) is 31.2 Å². The summed E-state index contributed by atoms with van der Waals surface area (Å²) >= 11 is 0. The summed E-state index contributed by atoms with van der Waals surface area (Å²) in [5, 5.41) is 0. The van der Waals surface area contributed by atoms with E-state index in [1.54, 1.807) is 20.3 Å². The average molecular weight is 285 g/mol. The first kappa shape index (κ1) is 15.0. The normalized spacial score (nSPS) is 20.4. The molecule has 1 aliphatic carbocycles. The van der Waals surface area contributed by atoms with E-state index in [4.69, 9.17) is 15.2 Å². The molecule has 0 radical (unpaired) electrons. The van der Waals surface area contributed by atoms with Gasteiger partial charge in [-0.3, -0.25) is 0 Å². The quantitative estimate of drug-likeness (QED) is 0.924. The second kappa shape index (κ2) is 5.56. The molecule has 0 aliphatic heterocycles. The molecule has 1 saturated carbocycles. The van der Waals surface area contributed by atoms with Crippen LogP contribution in [0.3, 0.4) is 0 Å². The molecule has 0 heterocycles. The maximum Gasteiger partial charge on any atom is 0.248 e. The molecule has 0 amide bonds. The van der Waals surface area contributed by atoms with Crippen molar-refractivity contribution in [2.75, 3.05) is 20.8 Å². The van der Waals surface area contributed by atoms with E-state index in [9.17, 15) is 8.78 Å². The van der Waals surface area contributed by atoms with Gasteiger partial charge in [0.15, 0.2) is 11.5 Å². The molecular weight excluding hydrogens is 264 g/mol. The molecule has 1 aliphatic rings. The van der Waals surface area contributed by atoms with E-state index in [1.165, 1.54) is 0 Å². The summed E-state index contributed by atoms with van der Waals surface area (Å²) in [5.74, 6) is -1.37. The summed E-state index contributed by atoms with van der Waals surface area (Å²) in [6.07, 6.45) is 0.454. The van der Waals surface area contributed by atoms with Crippen molar-refractivity contribution < 1.29 is 18.3 Å². The Labute approximate surface area is 118 Å². The van der Waals surface area contributed by atoms with Crippen molar-refractivity contribution in [2.24, 2.45) is 5.73 Å². The predicted molar refractivity (Wildman–Crippen MR) is 73.7 cm³/mol. The van der Waals surface area contributed by atoms with Crippen molar-refractivity contribution in [1.82, 2.24) is 0 Å². The summed E-state index contributed by atoms with van der Waals surface area (Å²) < 4.78 is 37.6. The minimum absolute atomic E-state index is 0.134. The third kappa shape index (κ3) is 2.59. The molecule has 20 heavy (non-hydrogen) atoms. The first-order chi connectivity index (χ1) is 9.48. The molecule has 0 spiro atoms. The molecule has 3 nitrogen and oxygen atoms in total. The predicted octanol–water partition coefficient (Wildman–Crippen LogP) is 3.11. The van der Waals surface area contributed by atoms with Gasteiger partial charge in [0, 0.05) is 30.4 Å². The molecule has 0 aromatic heterocycles. The molecule has 1 fully saturated rings. The van der Waals surface area contributed by atoms with Crippen molar-refractivity contribution in [2.45, 2.75) is 37.0 Å². The maximum atomic E-state index is 13.4. The van der Waals surface area contributed by atoms with Crippen LogP contribution in [-0.4, -0.2) is 26.7 Å². The lowest BCUT2D eigenvalue weighted by Gasteiger charge is -2.40. The summed E-state index contributed by atoms with van der Waals surface area (Å²) in [4.78, 5) is 0. The highest BCUT2D eigenvalue weighted by atomic mass is 19.3. The summed E-state index contributed by atoms with van der Waals surface area (Å²) in [6.45, 7) is 0.326. The van der Waals surface area contributed by atoms with Gasteiger partial charge < -0.3 is 15.2 Å². The number of rotatable bonds is 4. The van der Waals surface area contributed by atoms with Crippen LogP contribution in [0.5, 0.6) is 11.5 Å². The smallest absolute Gasteiger partial charge is 0.248 e. The lowest BCUT2D eigenvalue weighted by molar-refractivity contribution is -0.0511. The Balaban J connectivity index is 2.42. The summed E-state index contributed by atoms with van der Waals surface area (Å²) in [6, 6.07) is 5.54. The fourth-order valence-electron chi connectivity index (χ4n) is 2.98. The van der Waals surface area contributed by atoms with Crippen LogP contribution < -0.4 is 15.2 Å². The fourth-order valence-corrected chi connectivity index (χ4v) is 2.98. The van der Waals surface area contributed by atoms with Crippen LogP contribution in [0.25, 0.3) is 0 Å². The van der Waals surface area contributed by atoms with Gasteiger partial charge in [-0.05, 0) is 18.9 Å². The third-order valence-corrected chi connectivity index (χ3v) is 4.30. The highest BCUT2D eigenvalue weighted by Gasteiger charge is 2.45. The topological polar surface area (TPSA) is 44.5 Å². The molecule has 0 saturated heterocycles. The first-order valence-corrected chi connectivity index (χ1v) is 6.77. The fraction of sp³-hybridized carbons (Fsp3) is 0.600. The highest BCUT2D eigenvalue weighted by Crippen LogP contribution is 2.49. The van der Waals surface area contributed by atoms with Crippen LogP contribution >= 0.6 is 0 Å². The van der Waals surface area contributed by atoms with E-state index < -0.39 is 11.3 Å². The van der Waals surface area contributed by atoms with Crippen LogP contribution in [0.15, 0.2) is 18.2 Å². The number of nitrogens with two attached hydrogens (primary N) is 1. The second-order valence-corrected chi connectivity index (χ2v) is 5.38.